The molecule has 0 spiro atoms. The molecule has 0 bridgehead atoms. The van der Waals surface area contributed by atoms with E-state index in [1.807, 2.05) is 19.1 Å². The molecule has 136 valence electrons. The van der Waals surface area contributed by atoms with Gasteiger partial charge in [-0.05, 0) is 38.1 Å². The van der Waals surface area contributed by atoms with Crippen molar-refractivity contribution < 1.29 is 24.0 Å². The molecule has 0 saturated heterocycles. The molecule has 1 atom stereocenters. The smallest absolute Gasteiger partial charge is 0.339 e. The number of aryl methyl sites for hydroxylation is 1. The van der Waals surface area contributed by atoms with E-state index in [1.54, 1.807) is 12.1 Å². The van der Waals surface area contributed by atoms with Crippen LogP contribution in [0.4, 0.5) is 11.4 Å². The van der Waals surface area contributed by atoms with Gasteiger partial charge in [0.25, 0.3) is 5.91 Å². The van der Waals surface area contributed by atoms with Gasteiger partial charge in [0, 0.05) is 11.8 Å². The predicted molar refractivity (Wildman–Crippen MR) is 94.3 cm³/mol. The van der Waals surface area contributed by atoms with Crippen molar-refractivity contribution in [1.29, 1.82) is 0 Å². The molecule has 26 heavy (non-hydrogen) atoms. The lowest BCUT2D eigenvalue weighted by atomic mass is 10.2. The summed E-state index contributed by atoms with van der Waals surface area (Å²) >= 11 is 0. The number of hydrogen-bond acceptors (Lipinski definition) is 6. The summed E-state index contributed by atoms with van der Waals surface area (Å²) in [7, 11) is 1.29. The van der Waals surface area contributed by atoms with E-state index in [-0.39, 0.29) is 17.0 Å². The molecule has 0 saturated carbocycles. The highest BCUT2D eigenvalue weighted by Gasteiger charge is 2.22. The number of nitrogens with one attached hydrogen (secondary N) is 1. The van der Waals surface area contributed by atoms with Crippen LogP contribution in [0.25, 0.3) is 0 Å². The number of amides is 1. The van der Waals surface area contributed by atoms with Gasteiger partial charge in [-0.2, -0.15) is 0 Å². The van der Waals surface area contributed by atoms with Crippen LogP contribution in [0.5, 0.6) is 5.75 Å². The molecule has 8 nitrogen and oxygen atoms in total. The number of nitrogens with zero attached hydrogens (tertiary/aromatic N) is 1. The maximum atomic E-state index is 12.2. The first-order valence-corrected chi connectivity index (χ1v) is 7.72. The number of esters is 1. The van der Waals surface area contributed by atoms with Gasteiger partial charge in [-0.3, -0.25) is 14.9 Å². The third-order valence-corrected chi connectivity index (χ3v) is 3.58. The summed E-state index contributed by atoms with van der Waals surface area (Å²) in [6.07, 6.45) is -1.08. The van der Waals surface area contributed by atoms with Crippen LogP contribution in [0, 0.1) is 17.0 Å². The third kappa shape index (κ3) is 4.56. The van der Waals surface area contributed by atoms with Gasteiger partial charge in [-0.15, -0.1) is 0 Å². The number of carbonyl (C=O) groups excluding carboxylic acids is 2. The second kappa shape index (κ2) is 8.11. The van der Waals surface area contributed by atoms with E-state index in [2.05, 4.69) is 5.32 Å². The lowest BCUT2D eigenvalue weighted by Crippen LogP contribution is -2.30. The fraction of sp³-hybridized carbons (Fsp3) is 0.222. The Hall–Kier alpha value is -3.42. The van der Waals surface area contributed by atoms with E-state index < -0.39 is 22.9 Å². The molecular weight excluding hydrogens is 340 g/mol. The molecule has 1 N–H and O–H groups in total. The zero-order chi connectivity index (χ0) is 19.3. The highest BCUT2D eigenvalue weighted by Crippen LogP contribution is 2.27. The Morgan fingerprint density at radius 1 is 1.15 bits per heavy atom. The van der Waals surface area contributed by atoms with Crippen LogP contribution >= 0.6 is 0 Å². The average molecular weight is 358 g/mol. The number of nitro benzene ring substituents is 1. The third-order valence-electron chi connectivity index (χ3n) is 3.58. The Bertz CT molecular complexity index is 832. The van der Waals surface area contributed by atoms with Crippen LogP contribution in [0.2, 0.25) is 0 Å². The fourth-order valence-electron chi connectivity index (χ4n) is 2.12. The molecule has 2 rings (SSSR count). The summed E-state index contributed by atoms with van der Waals surface area (Å²) in [6, 6.07) is 10.8. The first-order valence-electron chi connectivity index (χ1n) is 7.72. The van der Waals surface area contributed by atoms with E-state index in [1.165, 1.54) is 26.2 Å². The molecule has 0 aromatic heterocycles. The standard InChI is InChI=1S/C18H18N2O6/c1-11-4-7-14(8-5-11)19-17(21)12(2)26-18(22)13-6-9-16(25-3)15(10-13)20(23)24/h4-10,12H,1-3H3,(H,19,21)/t12-/m1/s1. The highest BCUT2D eigenvalue weighted by molar-refractivity contribution is 5.97. The summed E-state index contributed by atoms with van der Waals surface area (Å²) < 4.78 is 9.97. The molecule has 1 amide bonds. The minimum atomic E-state index is -1.08. The molecule has 0 heterocycles. The van der Waals surface area contributed by atoms with Gasteiger partial charge in [0.05, 0.1) is 17.6 Å². The molecule has 0 fully saturated rings. The second-order valence-corrected chi connectivity index (χ2v) is 5.55. The van der Waals surface area contributed by atoms with Crippen LogP contribution in [0.3, 0.4) is 0 Å². The van der Waals surface area contributed by atoms with Crippen molar-refractivity contribution >= 4 is 23.3 Å². The lowest BCUT2D eigenvalue weighted by molar-refractivity contribution is -0.385. The number of nitro groups is 1. The van der Waals surface area contributed by atoms with Crippen LogP contribution in [-0.2, 0) is 9.53 Å². The summed E-state index contributed by atoms with van der Waals surface area (Å²) in [6.45, 7) is 3.34. The quantitative estimate of drug-likeness (QED) is 0.483. The SMILES string of the molecule is COc1ccc(C(=O)O[C@H](C)C(=O)Nc2ccc(C)cc2)cc1[N+](=O)[O-]. The second-order valence-electron chi connectivity index (χ2n) is 5.55. The number of hydrogen-bond donors (Lipinski definition) is 1. The Morgan fingerprint density at radius 3 is 2.38 bits per heavy atom. The zero-order valence-corrected chi connectivity index (χ0v) is 14.5. The Balaban J connectivity index is 2.06. The van der Waals surface area contributed by atoms with Crippen molar-refractivity contribution in [3.05, 3.63) is 63.7 Å². The van der Waals surface area contributed by atoms with Crippen LogP contribution in [-0.4, -0.2) is 30.0 Å². The maximum absolute atomic E-state index is 12.2. The maximum Gasteiger partial charge on any atom is 0.339 e. The molecular formula is C18H18N2O6. The van der Waals surface area contributed by atoms with Gasteiger partial charge in [0.15, 0.2) is 11.9 Å². The first kappa shape index (κ1) is 18.9. The average Bonchev–Trinajstić information content (AvgIpc) is 2.62. The van der Waals surface area contributed by atoms with Crippen molar-refractivity contribution in [3.63, 3.8) is 0 Å². The normalized spacial score (nSPS) is 11.3. The molecule has 0 radical (unpaired) electrons. The van der Waals surface area contributed by atoms with Gasteiger partial charge in [-0.1, -0.05) is 17.7 Å². The van der Waals surface area contributed by atoms with Gasteiger partial charge in [0.2, 0.25) is 0 Å². The molecule has 0 unspecified atom stereocenters. The highest BCUT2D eigenvalue weighted by atomic mass is 16.6. The lowest BCUT2D eigenvalue weighted by Gasteiger charge is -2.14. The molecule has 0 aliphatic heterocycles. The topological polar surface area (TPSA) is 108 Å². The van der Waals surface area contributed by atoms with Gasteiger partial charge >= 0.3 is 11.7 Å². The van der Waals surface area contributed by atoms with Crippen molar-refractivity contribution in [2.75, 3.05) is 12.4 Å². The summed E-state index contributed by atoms with van der Waals surface area (Å²) in [5, 5.41) is 13.7. The molecule has 8 heteroatoms. The van der Waals surface area contributed by atoms with Gasteiger partial charge in [0.1, 0.15) is 0 Å². The van der Waals surface area contributed by atoms with Crippen molar-refractivity contribution in [1.82, 2.24) is 0 Å². The van der Waals surface area contributed by atoms with E-state index in [4.69, 9.17) is 9.47 Å². The van der Waals surface area contributed by atoms with Gasteiger partial charge in [-0.25, -0.2) is 4.79 Å². The van der Waals surface area contributed by atoms with Crippen molar-refractivity contribution in [3.8, 4) is 5.75 Å². The minimum absolute atomic E-state index is 0.0247. The number of rotatable bonds is 6. The fourth-order valence-corrected chi connectivity index (χ4v) is 2.12. The molecule has 0 aliphatic rings. The first-order chi connectivity index (χ1) is 12.3. The van der Waals surface area contributed by atoms with E-state index in [9.17, 15) is 19.7 Å². The molecule has 0 aliphatic carbocycles. The summed E-state index contributed by atoms with van der Waals surface area (Å²) in [4.78, 5) is 34.6. The van der Waals surface area contributed by atoms with E-state index in [0.29, 0.717) is 5.69 Å². The zero-order valence-electron chi connectivity index (χ0n) is 14.5. The number of anilines is 1. The number of carbonyl (C=O) groups is 2. The Labute approximate surface area is 149 Å². The predicted octanol–water partition coefficient (Wildman–Crippen LogP) is 3.10. The van der Waals surface area contributed by atoms with Crippen LogP contribution in [0.1, 0.15) is 22.8 Å². The van der Waals surface area contributed by atoms with Crippen LogP contribution in [0.15, 0.2) is 42.5 Å². The Kier molecular flexibility index (Phi) is 5.90. The monoisotopic (exact) mass is 358 g/mol. The van der Waals surface area contributed by atoms with Crippen molar-refractivity contribution in [2.45, 2.75) is 20.0 Å². The minimum Gasteiger partial charge on any atom is -0.490 e. The summed E-state index contributed by atoms with van der Waals surface area (Å²) in [5.74, 6) is -1.33. The van der Waals surface area contributed by atoms with Crippen molar-refractivity contribution in [2.24, 2.45) is 0 Å². The number of methoxy groups -OCH3 is 1. The van der Waals surface area contributed by atoms with Gasteiger partial charge < -0.3 is 14.8 Å². The largest absolute Gasteiger partial charge is 0.490 e. The van der Waals surface area contributed by atoms with E-state index in [0.717, 1.165) is 11.6 Å². The summed E-state index contributed by atoms with van der Waals surface area (Å²) in [5.41, 5.74) is 1.21. The van der Waals surface area contributed by atoms with E-state index >= 15 is 0 Å². The number of benzene rings is 2. The molecule has 2 aromatic rings. The molecule has 2 aromatic carbocycles. The number of ether oxygens (including phenoxy) is 2. The van der Waals surface area contributed by atoms with Crippen LogP contribution < -0.4 is 10.1 Å². The Morgan fingerprint density at radius 2 is 1.81 bits per heavy atom.